The van der Waals surface area contributed by atoms with E-state index in [-0.39, 0.29) is 5.56 Å². The molecule has 118 valence electrons. The van der Waals surface area contributed by atoms with Crippen LogP contribution in [0.3, 0.4) is 0 Å². The van der Waals surface area contributed by atoms with E-state index in [1.165, 1.54) is 29.9 Å². The average Bonchev–Trinajstić information content (AvgIpc) is 3.25. The van der Waals surface area contributed by atoms with Gasteiger partial charge in [-0.2, -0.15) is 9.78 Å². The Morgan fingerprint density at radius 1 is 1.17 bits per heavy atom. The highest BCUT2D eigenvalue weighted by Gasteiger charge is 2.13. The number of rotatable bonds is 3. The molecule has 0 aliphatic carbocycles. The van der Waals surface area contributed by atoms with Gasteiger partial charge in [-0.15, -0.1) is 22.7 Å². The lowest BCUT2D eigenvalue weighted by Crippen LogP contribution is -2.16. The van der Waals surface area contributed by atoms with Crippen LogP contribution < -0.4 is 5.56 Å². The van der Waals surface area contributed by atoms with Crippen LogP contribution in [0.4, 0.5) is 4.39 Å². The van der Waals surface area contributed by atoms with Gasteiger partial charge in [-0.25, -0.2) is 9.37 Å². The molecule has 1 aromatic carbocycles. The molecule has 0 radical (unpaired) electrons. The normalized spacial score (nSPS) is 11.5. The molecule has 0 bridgehead atoms. The molecule has 4 rings (SSSR count). The molecule has 7 heteroatoms. The van der Waals surface area contributed by atoms with Crippen molar-refractivity contribution in [2.75, 3.05) is 0 Å². The fourth-order valence-electron chi connectivity index (χ4n) is 2.32. The molecule has 0 atom stereocenters. The van der Waals surface area contributed by atoms with Gasteiger partial charge in [0.05, 0.1) is 11.6 Å². The SMILES string of the molecule is O=c1c2c(-c3cccs3)csc2ncn1N=Cc1ccccc1F. The van der Waals surface area contributed by atoms with Crippen molar-refractivity contribution in [1.29, 1.82) is 0 Å². The molecule has 0 saturated heterocycles. The molecular weight excluding hydrogens is 345 g/mol. The van der Waals surface area contributed by atoms with Crippen LogP contribution in [-0.4, -0.2) is 15.9 Å². The largest absolute Gasteiger partial charge is 0.283 e. The zero-order valence-corrected chi connectivity index (χ0v) is 13.9. The van der Waals surface area contributed by atoms with Gasteiger partial charge < -0.3 is 0 Å². The van der Waals surface area contributed by atoms with Crippen molar-refractivity contribution in [1.82, 2.24) is 9.66 Å². The highest BCUT2D eigenvalue weighted by molar-refractivity contribution is 7.18. The van der Waals surface area contributed by atoms with Crippen molar-refractivity contribution in [2.45, 2.75) is 0 Å². The van der Waals surface area contributed by atoms with E-state index < -0.39 is 5.82 Å². The fourth-order valence-corrected chi connectivity index (χ4v) is 4.04. The van der Waals surface area contributed by atoms with E-state index >= 15 is 0 Å². The van der Waals surface area contributed by atoms with E-state index in [2.05, 4.69) is 10.1 Å². The molecule has 0 unspecified atom stereocenters. The Balaban J connectivity index is 1.83. The van der Waals surface area contributed by atoms with E-state index in [0.29, 0.717) is 15.8 Å². The molecule has 0 N–H and O–H groups in total. The molecule has 0 aliphatic rings. The molecule has 0 spiro atoms. The van der Waals surface area contributed by atoms with E-state index in [1.54, 1.807) is 29.5 Å². The smallest absolute Gasteiger partial charge is 0.267 e. The summed E-state index contributed by atoms with van der Waals surface area (Å²) in [4.78, 5) is 18.7. The minimum atomic E-state index is -0.391. The van der Waals surface area contributed by atoms with Crippen molar-refractivity contribution < 1.29 is 4.39 Å². The standard InChI is InChI=1S/C17H10FN3OS2/c18-13-5-2-1-4-11(13)8-20-21-10-19-16-15(17(21)22)12(9-24-16)14-6-3-7-23-14/h1-10H. The minimum absolute atomic E-state index is 0.266. The highest BCUT2D eigenvalue weighted by Crippen LogP contribution is 2.33. The van der Waals surface area contributed by atoms with Crippen LogP contribution in [0.1, 0.15) is 5.56 Å². The third-order valence-corrected chi connectivity index (χ3v) is 5.28. The van der Waals surface area contributed by atoms with Gasteiger partial charge in [0.1, 0.15) is 17.0 Å². The summed E-state index contributed by atoms with van der Waals surface area (Å²) in [5.74, 6) is -0.391. The number of hydrogen-bond donors (Lipinski definition) is 0. The Morgan fingerprint density at radius 2 is 2.04 bits per heavy atom. The molecule has 3 aromatic heterocycles. The first kappa shape index (κ1) is 14.9. The third-order valence-electron chi connectivity index (χ3n) is 3.49. The summed E-state index contributed by atoms with van der Waals surface area (Å²) in [5.41, 5.74) is 0.906. The summed E-state index contributed by atoms with van der Waals surface area (Å²) in [6.45, 7) is 0. The summed E-state index contributed by atoms with van der Waals surface area (Å²) < 4.78 is 14.8. The first-order chi connectivity index (χ1) is 11.7. The van der Waals surface area contributed by atoms with Gasteiger partial charge >= 0.3 is 0 Å². The Bertz CT molecular complexity index is 1100. The van der Waals surface area contributed by atoms with Crippen LogP contribution in [-0.2, 0) is 0 Å². The van der Waals surface area contributed by atoms with Crippen molar-refractivity contribution in [3.8, 4) is 10.4 Å². The van der Waals surface area contributed by atoms with Crippen molar-refractivity contribution >= 4 is 39.1 Å². The molecule has 0 fully saturated rings. The second kappa shape index (κ2) is 6.10. The van der Waals surface area contributed by atoms with Gasteiger partial charge in [-0.3, -0.25) is 4.79 Å². The number of hydrogen-bond acceptors (Lipinski definition) is 5. The van der Waals surface area contributed by atoms with E-state index in [1.807, 2.05) is 22.9 Å². The maximum absolute atomic E-state index is 13.7. The third kappa shape index (κ3) is 2.57. The number of thiophene rings is 2. The van der Waals surface area contributed by atoms with Crippen molar-refractivity contribution in [3.63, 3.8) is 0 Å². The van der Waals surface area contributed by atoms with E-state index in [0.717, 1.165) is 15.1 Å². The number of halogens is 1. The second-order valence-electron chi connectivity index (χ2n) is 4.97. The lowest BCUT2D eigenvalue weighted by Gasteiger charge is -2.00. The Kier molecular flexibility index (Phi) is 3.79. The maximum atomic E-state index is 13.7. The van der Waals surface area contributed by atoms with Gasteiger partial charge in [0.25, 0.3) is 5.56 Å². The fraction of sp³-hybridized carbons (Fsp3) is 0. The van der Waals surface area contributed by atoms with Gasteiger partial charge in [0.15, 0.2) is 0 Å². The van der Waals surface area contributed by atoms with Gasteiger partial charge in [-0.1, -0.05) is 24.3 Å². The van der Waals surface area contributed by atoms with Crippen molar-refractivity contribution in [2.24, 2.45) is 5.10 Å². The molecule has 24 heavy (non-hydrogen) atoms. The van der Waals surface area contributed by atoms with Gasteiger partial charge in [-0.05, 0) is 17.5 Å². The number of benzene rings is 1. The van der Waals surface area contributed by atoms with Gasteiger partial charge in [0.2, 0.25) is 0 Å². The lowest BCUT2D eigenvalue weighted by atomic mass is 10.2. The first-order valence-electron chi connectivity index (χ1n) is 7.05. The number of aromatic nitrogens is 2. The summed E-state index contributed by atoms with van der Waals surface area (Å²) in [6, 6.07) is 10.2. The highest BCUT2D eigenvalue weighted by atomic mass is 32.1. The van der Waals surface area contributed by atoms with Gasteiger partial charge in [0, 0.05) is 21.4 Å². The topological polar surface area (TPSA) is 47.2 Å². The Hall–Kier alpha value is -2.64. The molecule has 0 amide bonds. The van der Waals surface area contributed by atoms with E-state index in [9.17, 15) is 9.18 Å². The summed E-state index contributed by atoms with van der Waals surface area (Å²) in [7, 11) is 0. The van der Waals surface area contributed by atoms with E-state index in [4.69, 9.17) is 0 Å². The van der Waals surface area contributed by atoms with Crippen LogP contribution in [0.2, 0.25) is 0 Å². The second-order valence-corrected chi connectivity index (χ2v) is 6.77. The average molecular weight is 355 g/mol. The van der Waals surface area contributed by atoms with Crippen LogP contribution >= 0.6 is 22.7 Å². The van der Waals surface area contributed by atoms with Crippen LogP contribution in [0.25, 0.3) is 20.7 Å². The van der Waals surface area contributed by atoms with Crippen molar-refractivity contribution in [3.05, 3.63) is 75.2 Å². The quantitative estimate of drug-likeness (QED) is 0.517. The molecule has 0 aliphatic heterocycles. The van der Waals surface area contributed by atoms with Crippen LogP contribution in [0.15, 0.2) is 63.4 Å². The summed E-state index contributed by atoms with van der Waals surface area (Å²) >= 11 is 2.99. The maximum Gasteiger partial charge on any atom is 0.283 e. The molecule has 4 aromatic rings. The minimum Gasteiger partial charge on any atom is -0.267 e. The van der Waals surface area contributed by atoms with Crippen LogP contribution in [0.5, 0.6) is 0 Å². The Morgan fingerprint density at radius 3 is 2.83 bits per heavy atom. The molecule has 0 saturated carbocycles. The zero-order chi connectivity index (χ0) is 16.5. The predicted octanol–water partition coefficient (Wildman–Crippen LogP) is 4.21. The summed E-state index contributed by atoms with van der Waals surface area (Å²) in [5, 5.41) is 8.50. The number of nitrogens with zero attached hydrogens (tertiary/aromatic N) is 3. The zero-order valence-electron chi connectivity index (χ0n) is 12.2. The molecule has 4 nitrogen and oxygen atoms in total. The molecule has 3 heterocycles. The lowest BCUT2D eigenvalue weighted by molar-refractivity contribution is 0.625. The van der Waals surface area contributed by atoms with Crippen LogP contribution in [0, 0.1) is 5.82 Å². The number of fused-ring (bicyclic) bond motifs is 1. The Labute approximate surface area is 144 Å². The predicted molar refractivity (Wildman–Crippen MR) is 96.6 cm³/mol. The summed E-state index contributed by atoms with van der Waals surface area (Å²) in [6.07, 6.45) is 2.68. The first-order valence-corrected chi connectivity index (χ1v) is 8.81. The monoisotopic (exact) mass is 355 g/mol. The molecular formula is C17H10FN3OS2.